The van der Waals surface area contributed by atoms with Crippen molar-refractivity contribution in [2.45, 2.75) is 26.4 Å². The summed E-state index contributed by atoms with van der Waals surface area (Å²) in [6.45, 7) is 3.75. The van der Waals surface area contributed by atoms with Crippen molar-refractivity contribution in [3.8, 4) is 0 Å². The van der Waals surface area contributed by atoms with E-state index in [1.807, 2.05) is 13.8 Å². The van der Waals surface area contributed by atoms with Crippen LogP contribution in [0, 0.1) is 10.6 Å². The molecule has 0 radical (unpaired) electrons. The number of nitrogens with zero attached hydrogens (tertiary/aromatic N) is 1. The Balaban J connectivity index is 2.42. The summed E-state index contributed by atoms with van der Waals surface area (Å²) < 4.78 is 15.6. The Labute approximate surface area is 109 Å². The second-order valence-electron chi connectivity index (χ2n) is 4.37. The molecule has 1 heterocycles. The number of carbonyl (C=O) groups excluding carboxylic acids is 1. The molecule has 6 heteroatoms. The smallest absolute Gasteiger partial charge is 0.240 e. The Morgan fingerprint density at radius 2 is 2.28 bits per heavy atom. The quantitative estimate of drug-likeness (QED) is 0.839. The van der Waals surface area contributed by atoms with Crippen molar-refractivity contribution >= 4 is 29.2 Å². The molecule has 0 unspecified atom stereocenters. The number of amides is 1. The van der Waals surface area contributed by atoms with Crippen LogP contribution in [0.4, 0.5) is 4.39 Å². The third-order valence-corrected chi connectivity index (χ3v) is 2.82. The maximum Gasteiger partial charge on any atom is 0.240 e. The Kier molecular flexibility index (Phi) is 3.47. The van der Waals surface area contributed by atoms with Crippen LogP contribution in [0.25, 0.3) is 11.0 Å². The highest BCUT2D eigenvalue weighted by atomic mass is 32.1. The van der Waals surface area contributed by atoms with E-state index in [9.17, 15) is 9.18 Å². The fourth-order valence-corrected chi connectivity index (χ4v) is 2.10. The van der Waals surface area contributed by atoms with Gasteiger partial charge in [0.25, 0.3) is 0 Å². The minimum absolute atomic E-state index is 0.0119. The van der Waals surface area contributed by atoms with Gasteiger partial charge in [0.15, 0.2) is 4.77 Å². The first kappa shape index (κ1) is 12.8. The van der Waals surface area contributed by atoms with Crippen LogP contribution in [0.15, 0.2) is 18.2 Å². The van der Waals surface area contributed by atoms with Crippen molar-refractivity contribution in [3.63, 3.8) is 0 Å². The van der Waals surface area contributed by atoms with E-state index in [4.69, 9.17) is 12.2 Å². The van der Waals surface area contributed by atoms with E-state index in [1.165, 1.54) is 10.6 Å². The van der Waals surface area contributed by atoms with E-state index in [0.29, 0.717) is 15.8 Å². The molecule has 18 heavy (non-hydrogen) atoms. The van der Waals surface area contributed by atoms with Crippen molar-refractivity contribution in [2.24, 2.45) is 0 Å². The summed E-state index contributed by atoms with van der Waals surface area (Å²) in [6, 6.07) is 4.72. The number of hydrogen-bond acceptors (Lipinski definition) is 2. The molecule has 0 saturated heterocycles. The summed E-state index contributed by atoms with van der Waals surface area (Å²) in [5, 5.41) is 2.75. The highest BCUT2D eigenvalue weighted by molar-refractivity contribution is 7.71. The van der Waals surface area contributed by atoms with E-state index in [0.717, 1.165) is 0 Å². The zero-order valence-electron chi connectivity index (χ0n) is 10.2. The zero-order chi connectivity index (χ0) is 13.3. The lowest BCUT2D eigenvalue weighted by atomic mass is 10.3. The van der Waals surface area contributed by atoms with Gasteiger partial charge in [-0.15, -0.1) is 0 Å². The van der Waals surface area contributed by atoms with Crippen LogP contribution >= 0.6 is 12.2 Å². The van der Waals surface area contributed by atoms with Gasteiger partial charge in [0, 0.05) is 6.04 Å². The lowest BCUT2D eigenvalue weighted by molar-refractivity contribution is -0.122. The predicted octanol–water partition coefficient (Wildman–Crippen LogP) is 2.36. The van der Waals surface area contributed by atoms with Gasteiger partial charge >= 0.3 is 0 Å². The summed E-state index contributed by atoms with van der Waals surface area (Å²) in [7, 11) is 0. The normalized spacial score (nSPS) is 11.1. The molecule has 0 spiro atoms. The monoisotopic (exact) mass is 267 g/mol. The van der Waals surface area contributed by atoms with E-state index < -0.39 is 5.82 Å². The number of aromatic amines is 1. The third kappa shape index (κ3) is 2.43. The molecular weight excluding hydrogens is 253 g/mol. The van der Waals surface area contributed by atoms with Gasteiger partial charge in [-0.05, 0) is 38.2 Å². The van der Waals surface area contributed by atoms with Crippen molar-refractivity contribution < 1.29 is 9.18 Å². The van der Waals surface area contributed by atoms with Crippen LogP contribution in [-0.4, -0.2) is 21.5 Å². The fourth-order valence-electron chi connectivity index (χ4n) is 1.84. The molecule has 0 fully saturated rings. The van der Waals surface area contributed by atoms with Crippen molar-refractivity contribution in [3.05, 3.63) is 28.8 Å². The SMILES string of the molecule is CC(C)NC(=O)Cn1c(=S)[nH]c2cccc(F)c21. The number of halogens is 1. The van der Waals surface area contributed by atoms with Crippen LogP contribution in [0.3, 0.4) is 0 Å². The molecule has 0 aliphatic carbocycles. The van der Waals surface area contributed by atoms with Crippen LogP contribution in [0.5, 0.6) is 0 Å². The third-order valence-electron chi connectivity index (χ3n) is 2.49. The van der Waals surface area contributed by atoms with Gasteiger partial charge in [-0.25, -0.2) is 4.39 Å². The first-order valence-electron chi connectivity index (χ1n) is 5.65. The number of nitrogens with one attached hydrogen (secondary N) is 2. The van der Waals surface area contributed by atoms with Crippen LogP contribution in [0.1, 0.15) is 13.8 Å². The number of rotatable bonds is 3. The van der Waals surface area contributed by atoms with Crippen LogP contribution < -0.4 is 5.32 Å². The highest BCUT2D eigenvalue weighted by Gasteiger charge is 2.12. The topological polar surface area (TPSA) is 49.8 Å². The van der Waals surface area contributed by atoms with Gasteiger partial charge < -0.3 is 14.9 Å². The second-order valence-corrected chi connectivity index (χ2v) is 4.76. The van der Waals surface area contributed by atoms with E-state index in [2.05, 4.69) is 10.3 Å². The number of para-hydroxylation sites is 1. The molecule has 1 aromatic heterocycles. The Hall–Kier alpha value is -1.69. The molecular formula is C12H14FN3OS. The number of aromatic nitrogens is 2. The molecule has 1 amide bonds. The fraction of sp³-hybridized carbons (Fsp3) is 0.333. The van der Waals surface area contributed by atoms with Gasteiger partial charge in [-0.2, -0.15) is 0 Å². The Morgan fingerprint density at radius 3 is 2.94 bits per heavy atom. The number of hydrogen-bond donors (Lipinski definition) is 2. The molecule has 4 nitrogen and oxygen atoms in total. The largest absolute Gasteiger partial charge is 0.352 e. The number of carbonyl (C=O) groups is 1. The first-order valence-corrected chi connectivity index (χ1v) is 6.06. The van der Waals surface area contributed by atoms with Gasteiger partial charge in [0.05, 0.1) is 5.52 Å². The van der Waals surface area contributed by atoms with Gasteiger partial charge in [-0.1, -0.05) is 6.07 Å². The van der Waals surface area contributed by atoms with Gasteiger partial charge in [0.1, 0.15) is 17.9 Å². The summed E-state index contributed by atoms with van der Waals surface area (Å²) >= 11 is 5.11. The number of benzene rings is 1. The molecule has 1 aromatic carbocycles. The molecule has 0 bridgehead atoms. The summed E-state index contributed by atoms with van der Waals surface area (Å²) in [5.41, 5.74) is 0.929. The lowest BCUT2D eigenvalue weighted by Crippen LogP contribution is -2.33. The molecule has 2 N–H and O–H groups in total. The minimum atomic E-state index is -0.391. The average Bonchev–Trinajstić information content (AvgIpc) is 2.55. The standard InChI is InChI=1S/C12H14FN3OS/c1-7(2)14-10(17)6-16-11-8(13)4-3-5-9(11)15-12(16)18/h3-5,7H,6H2,1-2H3,(H,14,17)(H,15,18). The molecule has 0 aliphatic rings. The molecule has 96 valence electrons. The van der Waals surface area contributed by atoms with Crippen molar-refractivity contribution in [2.75, 3.05) is 0 Å². The predicted molar refractivity (Wildman–Crippen MR) is 70.4 cm³/mol. The average molecular weight is 267 g/mol. The lowest BCUT2D eigenvalue weighted by Gasteiger charge is -2.09. The highest BCUT2D eigenvalue weighted by Crippen LogP contribution is 2.17. The minimum Gasteiger partial charge on any atom is -0.352 e. The van der Waals surface area contributed by atoms with Crippen LogP contribution in [-0.2, 0) is 11.3 Å². The first-order chi connectivity index (χ1) is 8.49. The molecule has 0 saturated carbocycles. The maximum absolute atomic E-state index is 13.8. The summed E-state index contributed by atoms with van der Waals surface area (Å²) in [5.74, 6) is -0.581. The molecule has 0 aliphatic heterocycles. The van der Waals surface area contributed by atoms with Gasteiger partial charge in [-0.3, -0.25) is 4.79 Å². The second kappa shape index (κ2) is 4.89. The van der Waals surface area contributed by atoms with E-state index in [-0.39, 0.29) is 18.5 Å². The van der Waals surface area contributed by atoms with Gasteiger partial charge in [0.2, 0.25) is 5.91 Å². The number of imidazole rings is 1. The molecule has 2 aromatic rings. The van der Waals surface area contributed by atoms with Crippen molar-refractivity contribution in [1.29, 1.82) is 0 Å². The maximum atomic E-state index is 13.8. The van der Waals surface area contributed by atoms with E-state index >= 15 is 0 Å². The molecule has 0 atom stereocenters. The number of H-pyrrole nitrogens is 1. The molecule has 2 rings (SSSR count). The van der Waals surface area contributed by atoms with Crippen molar-refractivity contribution in [1.82, 2.24) is 14.9 Å². The summed E-state index contributed by atoms with van der Waals surface area (Å²) in [4.78, 5) is 14.6. The Morgan fingerprint density at radius 1 is 1.56 bits per heavy atom. The number of fused-ring (bicyclic) bond motifs is 1. The zero-order valence-corrected chi connectivity index (χ0v) is 11.0. The summed E-state index contributed by atoms with van der Waals surface area (Å²) in [6.07, 6.45) is 0. The van der Waals surface area contributed by atoms with E-state index in [1.54, 1.807) is 12.1 Å². The Bertz CT molecular complexity index is 644. The van der Waals surface area contributed by atoms with Crippen LogP contribution in [0.2, 0.25) is 0 Å².